The van der Waals surface area contributed by atoms with E-state index >= 15 is 4.39 Å². The molecule has 15 heteroatoms. The minimum atomic E-state index is -4.56. The summed E-state index contributed by atoms with van der Waals surface area (Å²) in [4.78, 5) is 37.3. The van der Waals surface area contributed by atoms with Crippen LogP contribution in [0.4, 0.5) is 27.6 Å². The van der Waals surface area contributed by atoms with Gasteiger partial charge in [-0.25, -0.2) is 18.7 Å². The highest BCUT2D eigenvalue weighted by atomic mass is 32.2. The van der Waals surface area contributed by atoms with Gasteiger partial charge < -0.3 is 21.1 Å². The van der Waals surface area contributed by atoms with Gasteiger partial charge in [-0.2, -0.15) is 13.2 Å². The Kier molecular flexibility index (Phi) is 8.48. The number of hydrogen-bond donors (Lipinski definition) is 3. The van der Waals surface area contributed by atoms with Crippen molar-refractivity contribution in [2.24, 2.45) is 16.6 Å². The minimum Gasteiger partial charge on any atom is -0.467 e. The van der Waals surface area contributed by atoms with Crippen LogP contribution in [0, 0.1) is 11.7 Å². The fourth-order valence-corrected chi connectivity index (χ4v) is 5.15. The van der Waals surface area contributed by atoms with Gasteiger partial charge in [0.2, 0.25) is 11.8 Å². The SMILES string of the molecule is CC1[C@@](C)(C(=O)NCCF)SC(N)=N[C@]1(C)c1cc(NC(=O)c2cnc(OCC(F)(F)F)cn2)ccc1F. The number of alkyl halides is 4. The fraction of sp³-hybridized carbons (Fsp3) is 0.435. The number of rotatable bonds is 8. The number of aliphatic imine (C=N–C) groups is 1. The van der Waals surface area contributed by atoms with Crippen LogP contribution in [0.5, 0.6) is 5.88 Å². The molecule has 1 aromatic heterocycles. The number of ether oxygens (including phenoxy) is 1. The number of amidine groups is 1. The number of nitrogens with one attached hydrogen (secondary N) is 2. The van der Waals surface area contributed by atoms with Gasteiger partial charge in [-0.3, -0.25) is 14.6 Å². The Hall–Kier alpha value is -3.49. The molecule has 0 fully saturated rings. The Morgan fingerprint density at radius 2 is 1.92 bits per heavy atom. The van der Waals surface area contributed by atoms with Crippen LogP contribution < -0.4 is 21.1 Å². The van der Waals surface area contributed by atoms with Gasteiger partial charge in [-0.05, 0) is 32.0 Å². The summed E-state index contributed by atoms with van der Waals surface area (Å²) in [6, 6.07) is 3.73. The van der Waals surface area contributed by atoms with Crippen LogP contribution in [0.3, 0.4) is 0 Å². The molecule has 1 aromatic carbocycles. The lowest BCUT2D eigenvalue weighted by Gasteiger charge is -2.46. The summed E-state index contributed by atoms with van der Waals surface area (Å²) in [6.07, 6.45) is -2.77. The third-order valence-corrected chi connectivity index (χ3v) is 7.44. The molecule has 0 saturated heterocycles. The highest BCUT2D eigenvalue weighted by molar-refractivity contribution is 8.15. The highest BCUT2D eigenvalue weighted by Gasteiger charge is 2.53. The van der Waals surface area contributed by atoms with E-state index in [1.807, 2.05) is 0 Å². The zero-order valence-corrected chi connectivity index (χ0v) is 21.3. The minimum absolute atomic E-state index is 0.0282. The number of aromatic nitrogens is 2. The normalized spacial score (nSPS) is 23.4. The second-order valence-electron chi connectivity index (χ2n) is 8.77. The number of benzene rings is 1. The van der Waals surface area contributed by atoms with Gasteiger partial charge in [0.1, 0.15) is 22.9 Å². The summed E-state index contributed by atoms with van der Waals surface area (Å²) in [6.45, 7) is 2.39. The zero-order chi connectivity index (χ0) is 28.3. The largest absolute Gasteiger partial charge is 0.467 e. The number of anilines is 1. The first kappa shape index (κ1) is 29.1. The standard InChI is InChI=1S/C23H25F5N6O3S/c1-12-21(2,34-20(29)38-22(12,3)19(36)30-7-6-24)14-8-13(4-5-15(14)25)33-18(35)16-9-32-17(10-31-16)37-11-23(26,27)28/h4-5,8-10,12H,6-7,11H2,1-3H3,(H2,29,34)(H,30,36)(H,33,35)/t12?,21-,22-/m0/s1. The molecule has 4 N–H and O–H groups in total. The summed E-state index contributed by atoms with van der Waals surface area (Å²) in [5, 5.41) is 5.05. The lowest BCUT2D eigenvalue weighted by Crippen LogP contribution is -2.56. The van der Waals surface area contributed by atoms with E-state index in [4.69, 9.17) is 5.73 Å². The summed E-state index contributed by atoms with van der Waals surface area (Å²) in [5.41, 5.74) is 4.64. The van der Waals surface area contributed by atoms with Gasteiger partial charge in [-0.1, -0.05) is 18.7 Å². The number of thioether (sulfide) groups is 1. The molecule has 9 nitrogen and oxygen atoms in total. The maximum atomic E-state index is 15.1. The molecule has 206 valence electrons. The third-order valence-electron chi connectivity index (χ3n) is 6.17. The maximum Gasteiger partial charge on any atom is 0.422 e. The summed E-state index contributed by atoms with van der Waals surface area (Å²) in [5.74, 6) is -2.98. The lowest BCUT2D eigenvalue weighted by molar-refractivity contribution is -0.154. The lowest BCUT2D eigenvalue weighted by atomic mass is 9.73. The van der Waals surface area contributed by atoms with Crippen LogP contribution in [0.15, 0.2) is 35.6 Å². The van der Waals surface area contributed by atoms with Crippen molar-refractivity contribution in [2.45, 2.75) is 37.2 Å². The first-order valence-electron chi connectivity index (χ1n) is 11.2. The molecule has 2 aromatic rings. The first-order valence-corrected chi connectivity index (χ1v) is 12.0. The number of carbonyl (C=O) groups is 2. The number of carbonyl (C=O) groups excluding carboxylic acids is 2. The monoisotopic (exact) mass is 560 g/mol. The first-order chi connectivity index (χ1) is 17.7. The summed E-state index contributed by atoms with van der Waals surface area (Å²) < 4.78 is 67.8. The van der Waals surface area contributed by atoms with Crippen molar-refractivity contribution < 1.29 is 36.3 Å². The Bertz CT molecular complexity index is 1230. The fourth-order valence-electron chi connectivity index (χ4n) is 3.91. The highest BCUT2D eigenvalue weighted by Crippen LogP contribution is 2.50. The van der Waals surface area contributed by atoms with Crippen LogP contribution in [0.25, 0.3) is 0 Å². The van der Waals surface area contributed by atoms with E-state index < -0.39 is 59.2 Å². The van der Waals surface area contributed by atoms with Crippen molar-refractivity contribution in [3.8, 4) is 5.88 Å². The molecule has 2 heterocycles. The van der Waals surface area contributed by atoms with Crippen molar-refractivity contribution in [1.29, 1.82) is 0 Å². The zero-order valence-electron chi connectivity index (χ0n) is 20.5. The second kappa shape index (κ2) is 11.1. The molecule has 3 rings (SSSR count). The number of nitrogens with zero attached hydrogens (tertiary/aromatic N) is 3. The van der Waals surface area contributed by atoms with Crippen LogP contribution >= 0.6 is 11.8 Å². The van der Waals surface area contributed by atoms with E-state index in [1.54, 1.807) is 20.8 Å². The molecule has 0 bridgehead atoms. The van der Waals surface area contributed by atoms with Crippen molar-refractivity contribution in [3.63, 3.8) is 0 Å². The van der Waals surface area contributed by atoms with Gasteiger partial charge in [0.25, 0.3) is 5.91 Å². The number of nitrogens with two attached hydrogens (primary N) is 1. The van der Waals surface area contributed by atoms with Crippen molar-refractivity contribution in [1.82, 2.24) is 15.3 Å². The van der Waals surface area contributed by atoms with Crippen LogP contribution in [-0.4, -0.2) is 57.7 Å². The van der Waals surface area contributed by atoms with Gasteiger partial charge in [0.15, 0.2) is 11.8 Å². The number of amides is 2. The van der Waals surface area contributed by atoms with Crippen molar-refractivity contribution in [3.05, 3.63) is 47.7 Å². The smallest absolute Gasteiger partial charge is 0.422 e. The van der Waals surface area contributed by atoms with Crippen LogP contribution in [0.2, 0.25) is 0 Å². The number of halogens is 5. The molecule has 3 atom stereocenters. The van der Waals surface area contributed by atoms with E-state index in [2.05, 4.69) is 30.3 Å². The van der Waals surface area contributed by atoms with Crippen LogP contribution in [-0.2, 0) is 10.3 Å². The molecular formula is C23H25F5N6O3S. The molecule has 1 aliphatic heterocycles. The molecule has 2 amide bonds. The quantitative estimate of drug-likeness (QED) is 0.421. The molecule has 0 saturated carbocycles. The molecule has 0 aliphatic carbocycles. The van der Waals surface area contributed by atoms with E-state index in [0.717, 1.165) is 30.2 Å². The van der Waals surface area contributed by atoms with E-state index in [1.165, 1.54) is 12.1 Å². The Morgan fingerprint density at radius 3 is 2.53 bits per heavy atom. The van der Waals surface area contributed by atoms with Crippen LogP contribution in [0.1, 0.15) is 36.8 Å². The second-order valence-corrected chi connectivity index (χ2v) is 10.2. The van der Waals surface area contributed by atoms with Gasteiger partial charge in [0.05, 0.1) is 17.9 Å². The van der Waals surface area contributed by atoms with E-state index in [9.17, 15) is 27.2 Å². The molecule has 1 aliphatic rings. The summed E-state index contributed by atoms with van der Waals surface area (Å²) >= 11 is 0.989. The molecule has 38 heavy (non-hydrogen) atoms. The topological polar surface area (TPSA) is 132 Å². The van der Waals surface area contributed by atoms with Gasteiger partial charge >= 0.3 is 6.18 Å². The molecule has 0 radical (unpaired) electrons. The summed E-state index contributed by atoms with van der Waals surface area (Å²) in [7, 11) is 0. The predicted molar refractivity (Wildman–Crippen MR) is 131 cm³/mol. The van der Waals surface area contributed by atoms with Gasteiger partial charge in [0, 0.05) is 23.7 Å². The van der Waals surface area contributed by atoms with Crippen molar-refractivity contribution in [2.75, 3.05) is 25.1 Å². The molecule has 0 spiro atoms. The van der Waals surface area contributed by atoms with E-state index in [0.29, 0.717) is 0 Å². The third kappa shape index (κ3) is 6.31. The van der Waals surface area contributed by atoms with Crippen molar-refractivity contribution >= 4 is 34.4 Å². The van der Waals surface area contributed by atoms with Gasteiger partial charge in [-0.15, -0.1) is 0 Å². The molecular weight excluding hydrogens is 535 g/mol. The molecule has 1 unspecified atom stereocenters. The number of hydrogen-bond acceptors (Lipinski definition) is 8. The Balaban J connectivity index is 1.85. The average molecular weight is 561 g/mol. The predicted octanol–water partition coefficient (Wildman–Crippen LogP) is 3.57. The maximum absolute atomic E-state index is 15.1. The Morgan fingerprint density at radius 1 is 1.21 bits per heavy atom. The van der Waals surface area contributed by atoms with E-state index in [-0.39, 0.29) is 28.7 Å². The Labute approximate surface area is 218 Å². The average Bonchev–Trinajstić information content (AvgIpc) is 2.85.